The molecule has 0 radical (unpaired) electrons. The Balaban J connectivity index is 2.23. The first kappa shape index (κ1) is 12.2. The molecule has 1 saturated carbocycles. The van der Waals surface area contributed by atoms with Gasteiger partial charge in [-0.25, -0.2) is 4.79 Å². The predicted octanol–water partition coefficient (Wildman–Crippen LogP) is 2.72. The molecule has 1 aliphatic carbocycles. The number of hydrogen-bond acceptors (Lipinski definition) is 3. The van der Waals surface area contributed by atoms with E-state index in [1.807, 2.05) is 13.0 Å². The van der Waals surface area contributed by atoms with Gasteiger partial charge in [0, 0.05) is 11.6 Å². The maximum Gasteiger partial charge on any atom is 0.352 e. The van der Waals surface area contributed by atoms with E-state index >= 15 is 0 Å². The molecule has 0 aromatic carbocycles. The van der Waals surface area contributed by atoms with Crippen molar-refractivity contribution in [3.8, 4) is 0 Å². The highest BCUT2D eigenvalue weighted by Gasteiger charge is 2.15. The van der Waals surface area contributed by atoms with Gasteiger partial charge in [-0.1, -0.05) is 32.3 Å². The highest BCUT2D eigenvalue weighted by molar-refractivity contribution is 5.87. The van der Waals surface area contributed by atoms with Crippen LogP contribution in [-0.4, -0.2) is 12.0 Å². The zero-order valence-corrected chi connectivity index (χ0v) is 9.71. The number of rotatable bonds is 4. The summed E-state index contributed by atoms with van der Waals surface area (Å²) >= 11 is 0. The number of allylic oxidation sites excluding steroid dienone is 1. The van der Waals surface area contributed by atoms with Crippen molar-refractivity contribution >= 4 is 5.97 Å². The van der Waals surface area contributed by atoms with Gasteiger partial charge < -0.3 is 4.84 Å². The summed E-state index contributed by atoms with van der Waals surface area (Å²) in [5.41, 5.74) is 3.55. The molecule has 3 heteroatoms. The third-order valence-corrected chi connectivity index (χ3v) is 2.76. The van der Waals surface area contributed by atoms with Gasteiger partial charge in [0.25, 0.3) is 0 Å². The summed E-state index contributed by atoms with van der Waals surface area (Å²) in [4.78, 5) is 16.5. The van der Waals surface area contributed by atoms with Crippen molar-refractivity contribution < 1.29 is 9.63 Å². The average Bonchev–Trinajstić information content (AvgIpc) is 2.27. The van der Waals surface area contributed by atoms with E-state index in [1.54, 1.807) is 6.92 Å². The van der Waals surface area contributed by atoms with E-state index in [-0.39, 0.29) is 5.97 Å². The summed E-state index contributed by atoms with van der Waals surface area (Å²) in [5, 5.41) is 0. The quantitative estimate of drug-likeness (QED) is 0.574. The second-order valence-corrected chi connectivity index (χ2v) is 4.14. The Morgan fingerprint density at radius 3 is 2.67 bits per heavy atom. The van der Waals surface area contributed by atoms with Crippen molar-refractivity contribution in [2.75, 3.05) is 0 Å². The zero-order valence-electron chi connectivity index (χ0n) is 9.71. The summed E-state index contributed by atoms with van der Waals surface area (Å²) in [6.45, 7) is 3.79. The van der Waals surface area contributed by atoms with Gasteiger partial charge in [-0.05, 0) is 26.2 Å². The Hall–Kier alpha value is -0.830. The van der Waals surface area contributed by atoms with Crippen LogP contribution in [0.4, 0.5) is 0 Å². The van der Waals surface area contributed by atoms with Crippen LogP contribution in [0, 0.1) is 0 Å². The van der Waals surface area contributed by atoms with Crippen LogP contribution in [0.5, 0.6) is 0 Å². The number of hydrogen-bond donors (Lipinski definition) is 1. The lowest BCUT2D eigenvalue weighted by Crippen LogP contribution is -2.33. The Morgan fingerprint density at radius 2 is 2.07 bits per heavy atom. The lowest BCUT2D eigenvalue weighted by Gasteiger charge is -2.21. The summed E-state index contributed by atoms with van der Waals surface area (Å²) in [6, 6.07) is 0.358. The smallest absolute Gasteiger partial charge is 0.352 e. The molecule has 86 valence electrons. The van der Waals surface area contributed by atoms with Crippen LogP contribution < -0.4 is 5.48 Å². The Bertz CT molecular complexity index is 230. The van der Waals surface area contributed by atoms with Gasteiger partial charge in [-0.15, -0.1) is 5.48 Å². The Morgan fingerprint density at radius 1 is 1.40 bits per heavy atom. The molecule has 0 aromatic heterocycles. The van der Waals surface area contributed by atoms with Crippen molar-refractivity contribution in [2.24, 2.45) is 0 Å². The van der Waals surface area contributed by atoms with Gasteiger partial charge in [0.15, 0.2) is 0 Å². The molecule has 0 amide bonds. The van der Waals surface area contributed by atoms with Crippen LogP contribution in [0.3, 0.4) is 0 Å². The molecule has 3 nitrogen and oxygen atoms in total. The topological polar surface area (TPSA) is 38.3 Å². The van der Waals surface area contributed by atoms with Crippen LogP contribution in [0.15, 0.2) is 11.6 Å². The standard InChI is InChI=1S/C12H21NO2/c1-3-7-10(2)12(14)15-13-11-8-5-4-6-9-11/h7,11,13H,3-6,8-9H2,1-2H3. The van der Waals surface area contributed by atoms with Gasteiger partial charge in [-0.3, -0.25) is 0 Å². The van der Waals surface area contributed by atoms with Crippen LogP contribution >= 0.6 is 0 Å². The second kappa shape index (κ2) is 6.62. The second-order valence-electron chi connectivity index (χ2n) is 4.14. The van der Waals surface area contributed by atoms with Crippen LogP contribution in [0.25, 0.3) is 0 Å². The zero-order chi connectivity index (χ0) is 11.1. The first-order valence-corrected chi connectivity index (χ1v) is 5.87. The highest BCUT2D eigenvalue weighted by atomic mass is 16.7. The van der Waals surface area contributed by atoms with Crippen LogP contribution in [0.1, 0.15) is 52.4 Å². The molecule has 1 fully saturated rings. The number of hydroxylamine groups is 1. The third-order valence-electron chi connectivity index (χ3n) is 2.76. The fourth-order valence-electron chi connectivity index (χ4n) is 1.83. The largest absolute Gasteiger partial charge is 0.367 e. The Kier molecular flexibility index (Phi) is 5.40. The molecular weight excluding hydrogens is 190 g/mol. The van der Waals surface area contributed by atoms with Gasteiger partial charge in [0.1, 0.15) is 0 Å². The number of carbonyl (C=O) groups excluding carboxylic acids is 1. The molecule has 0 unspecified atom stereocenters. The summed E-state index contributed by atoms with van der Waals surface area (Å²) in [7, 11) is 0. The van der Waals surface area contributed by atoms with E-state index in [0.717, 1.165) is 19.3 Å². The molecule has 15 heavy (non-hydrogen) atoms. The van der Waals surface area contributed by atoms with Crippen molar-refractivity contribution in [2.45, 2.75) is 58.4 Å². The van der Waals surface area contributed by atoms with E-state index in [9.17, 15) is 4.79 Å². The SMILES string of the molecule is CCC=C(C)C(=O)ONC1CCCCC1. The van der Waals surface area contributed by atoms with Gasteiger partial charge in [0.2, 0.25) is 0 Å². The summed E-state index contributed by atoms with van der Waals surface area (Å²) < 4.78 is 0. The van der Waals surface area contributed by atoms with Gasteiger partial charge in [-0.2, -0.15) is 0 Å². The summed E-state index contributed by atoms with van der Waals surface area (Å²) in [6.07, 6.45) is 8.75. The fraction of sp³-hybridized carbons (Fsp3) is 0.750. The molecule has 1 rings (SSSR count). The maximum absolute atomic E-state index is 11.4. The van der Waals surface area contributed by atoms with Gasteiger partial charge in [0.05, 0.1) is 0 Å². The van der Waals surface area contributed by atoms with E-state index < -0.39 is 0 Å². The summed E-state index contributed by atoms with van der Waals surface area (Å²) in [5.74, 6) is -0.248. The molecule has 0 aliphatic heterocycles. The van der Waals surface area contributed by atoms with Gasteiger partial charge >= 0.3 is 5.97 Å². The highest BCUT2D eigenvalue weighted by Crippen LogP contribution is 2.17. The van der Waals surface area contributed by atoms with E-state index in [4.69, 9.17) is 4.84 Å². The normalized spacial score (nSPS) is 18.9. The minimum absolute atomic E-state index is 0.248. The monoisotopic (exact) mass is 211 g/mol. The number of nitrogens with one attached hydrogen (secondary N) is 1. The lowest BCUT2D eigenvalue weighted by atomic mass is 9.96. The molecule has 1 aliphatic rings. The Labute approximate surface area is 91.8 Å². The molecular formula is C12H21NO2. The molecule has 1 N–H and O–H groups in total. The minimum atomic E-state index is -0.248. The first-order valence-electron chi connectivity index (χ1n) is 5.87. The first-order chi connectivity index (χ1) is 7.24. The lowest BCUT2D eigenvalue weighted by molar-refractivity contribution is -0.148. The van der Waals surface area contributed by atoms with Crippen molar-refractivity contribution in [3.05, 3.63) is 11.6 Å². The fourth-order valence-corrected chi connectivity index (χ4v) is 1.83. The molecule has 0 atom stereocenters. The van der Waals surface area contributed by atoms with Crippen molar-refractivity contribution in [1.82, 2.24) is 5.48 Å². The average molecular weight is 211 g/mol. The maximum atomic E-state index is 11.4. The molecule has 0 heterocycles. The van der Waals surface area contributed by atoms with E-state index in [1.165, 1.54) is 19.3 Å². The van der Waals surface area contributed by atoms with Crippen molar-refractivity contribution in [3.63, 3.8) is 0 Å². The minimum Gasteiger partial charge on any atom is -0.367 e. The van der Waals surface area contributed by atoms with E-state index in [2.05, 4.69) is 5.48 Å². The molecule has 0 saturated heterocycles. The van der Waals surface area contributed by atoms with Crippen LogP contribution in [-0.2, 0) is 9.63 Å². The van der Waals surface area contributed by atoms with E-state index in [0.29, 0.717) is 11.6 Å². The molecule has 0 spiro atoms. The molecule has 0 bridgehead atoms. The predicted molar refractivity (Wildman–Crippen MR) is 60.1 cm³/mol. The molecule has 0 aromatic rings. The van der Waals surface area contributed by atoms with Crippen molar-refractivity contribution in [1.29, 1.82) is 0 Å². The number of carbonyl (C=O) groups is 1. The third kappa shape index (κ3) is 4.47. The van der Waals surface area contributed by atoms with Crippen LogP contribution in [0.2, 0.25) is 0 Å².